The predicted molar refractivity (Wildman–Crippen MR) is 152 cm³/mol. The van der Waals surface area contributed by atoms with Crippen molar-refractivity contribution in [3.05, 3.63) is 95.6 Å². The largest absolute Gasteiger partial charge is 0.440 e. The summed E-state index contributed by atoms with van der Waals surface area (Å²) in [5.74, 6) is 0.759. The number of methoxy groups -OCH3 is 1. The first-order valence-electron chi connectivity index (χ1n) is 13.5. The highest BCUT2D eigenvalue weighted by atomic mass is 32.2. The molecule has 5 rings (SSSR count). The third kappa shape index (κ3) is 6.91. The van der Waals surface area contributed by atoms with Gasteiger partial charge < -0.3 is 18.6 Å². The Labute approximate surface area is 239 Å². The van der Waals surface area contributed by atoms with Gasteiger partial charge >= 0.3 is 0 Å². The Bertz CT molecular complexity index is 1570. The lowest BCUT2D eigenvalue weighted by molar-refractivity contribution is -0.0950. The van der Waals surface area contributed by atoms with Crippen LogP contribution in [0, 0.1) is 5.82 Å². The fraction of sp³-hybridized carbons (Fsp3) is 0.323. The van der Waals surface area contributed by atoms with Gasteiger partial charge in [0.15, 0.2) is 11.7 Å². The quantitative estimate of drug-likeness (QED) is 0.230. The number of halogens is 1. The van der Waals surface area contributed by atoms with E-state index in [1.807, 2.05) is 36.4 Å². The average Bonchev–Trinajstić information content (AvgIpc) is 3.41. The van der Waals surface area contributed by atoms with E-state index in [1.165, 1.54) is 24.3 Å². The maximum absolute atomic E-state index is 14.5. The van der Waals surface area contributed by atoms with Gasteiger partial charge in [0.05, 0.1) is 17.1 Å². The first-order chi connectivity index (χ1) is 19.8. The number of aromatic nitrogens is 1. The van der Waals surface area contributed by atoms with Crippen LogP contribution in [0.1, 0.15) is 36.3 Å². The second-order valence-corrected chi connectivity index (χ2v) is 11.6. The Balaban J connectivity index is 1.25. The Hall–Kier alpha value is -3.41. The molecule has 2 heterocycles. The monoisotopic (exact) mass is 580 g/mol. The third-order valence-corrected chi connectivity index (χ3v) is 8.22. The molecular weight excluding hydrogens is 547 g/mol. The van der Waals surface area contributed by atoms with Crippen LogP contribution >= 0.6 is 0 Å². The smallest absolute Gasteiger partial charge is 0.238 e. The van der Waals surface area contributed by atoms with Crippen molar-refractivity contribution in [1.82, 2.24) is 4.98 Å². The molecule has 0 saturated carbocycles. The Kier molecular flexibility index (Phi) is 8.96. The molecule has 2 N–H and O–H groups in total. The molecular formula is C31H33FN2O6S. The van der Waals surface area contributed by atoms with Gasteiger partial charge in [0.1, 0.15) is 11.5 Å². The summed E-state index contributed by atoms with van der Waals surface area (Å²) in [6.45, 7) is 1.84. The zero-order valence-electron chi connectivity index (χ0n) is 22.8. The highest BCUT2D eigenvalue weighted by Gasteiger charge is 2.35. The molecule has 41 heavy (non-hydrogen) atoms. The van der Waals surface area contributed by atoms with Crippen molar-refractivity contribution in [3.8, 4) is 22.6 Å². The van der Waals surface area contributed by atoms with Crippen LogP contribution in [0.2, 0.25) is 0 Å². The van der Waals surface area contributed by atoms with E-state index in [0.29, 0.717) is 68.4 Å². The summed E-state index contributed by atoms with van der Waals surface area (Å²) < 4.78 is 61.2. The van der Waals surface area contributed by atoms with Crippen molar-refractivity contribution in [3.63, 3.8) is 0 Å². The summed E-state index contributed by atoms with van der Waals surface area (Å²) in [7, 11) is -2.15. The highest BCUT2D eigenvalue weighted by molar-refractivity contribution is 7.89. The van der Waals surface area contributed by atoms with Gasteiger partial charge in [-0.1, -0.05) is 36.4 Å². The van der Waals surface area contributed by atoms with Gasteiger partial charge in [-0.15, -0.1) is 0 Å². The van der Waals surface area contributed by atoms with Crippen molar-refractivity contribution in [1.29, 1.82) is 0 Å². The number of nitrogens with zero attached hydrogens (tertiary/aromatic N) is 1. The van der Waals surface area contributed by atoms with Crippen LogP contribution in [0.4, 0.5) is 4.39 Å². The van der Waals surface area contributed by atoms with Gasteiger partial charge in [0.2, 0.25) is 10.0 Å². The van der Waals surface area contributed by atoms with E-state index in [4.69, 9.17) is 28.8 Å². The van der Waals surface area contributed by atoms with E-state index in [-0.39, 0.29) is 17.3 Å². The van der Waals surface area contributed by atoms with Crippen LogP contribution in [0.5, 0.6) is 0 Å². The molecule has 0 aliphatic carbocycles. The van der Waals surface area contributed by atoms with E-state index in [9.17, 15) is 12.8 Å². The molecule has 1 fully saturated rings. The Morgan fingerprint density at radius 3 is 2.41 bits per heavy atom. The molecule has 3 aromatic carbocycles. The van der Waals surface area contributed by atoms with E-state index in [2.05, 4.69) is 0 Å². The number of hydrogen-bond acceptors (Lipinski definition) is 7. The van der Waals surface area contributed by atoms with Crippen molar-refractivity contribution in [2.75, 3.05) is 26.9 Å². The number of hydrogen-bond donors (Lipinski definition) is 1. The van der Waals surface area contributed by atoms with Gasteiger partial charge in [0, 0.05) is 57.3 Å². The minimum atomic E-state index is -3.80. The minimum Gasteiger partial charge on any atom is -0.440 e. The highest BCUT2D eigenvalue weighted by Crippen LogP contribution is 2.37. The molecule has 0 unspecified atom stereocenters. The summed E-state index contributed by atoms with van der Waals surface area (Å²) in [6.07, 6.45) is 2.51. The first kappa shape index (κ1) is 29.1. The molecule has 216 valence electrons. The minimum absolute atomic E-state index is 0.0231. The second-order valence-electron chi connectivity index (χ2n) is 10.0. The Morgan fingerprint density at radius 2 is 1.73 bits per heavy atom. The Morgan fingerprint density at radius 1 is 1.00 bits per heavy atom. The molecule has 0 bridgehead atoms. The number of benzene rings is 3. The van der Waals surface area contributed by atoms with Crippen molar-refractivity contribution in [2.45, 2.75) is 42.8 Å². The van der Waals surface area contributed by atoms with Crippen molar-refractivity contribution in [2.24, 2.45) is 5.14 Å². The molecule has 0 radical (unpaired) electrons. The lowest BCUT2D eigenvalue weighted by Gasteiger charge is -2.36. The third-order valence-electron chi connectivity index (χ3n) is 7.29. The number of sulfonamides is 1. The standard InChI is InChI=1S/C31H33FN2O6S/c1-37-31(13-16-38-17-14-31)25-18-22(19-26(32)20-25)21-39-15-5-8-28-34-29(23-6-3-2-4-7-23)30(40-28)24-9-11-27(12-10-24)41(33,35)36/h2-4,6-7,9-12,18-20H,5,8,13-17,21H2,1H3,(H2,33,35,36). The molecule has 4 aromatic rings. The van der Waals surface area contributed by atoms with E-state index in [1.54, 1.807) is 19.2 Å². The van der Waals surface area contributed by atoms with Gasteiger partial charge in [0.25, 0.3) is 0 Å². The molecule has 8 nitrogen and oxygen atoms in total. The van der Waals surface area contributed by atoms with Crippen LogP contribution in [0.15, 0.2) is 82.1 Å². The normalized spacial score (nSPS) is 15.2. The van der Waals surface area contributed by atoms with Gasteiger partial charge in [-0.3, -0.25) is 0 Å². The molecule has 1 saturated heterocycles. The number of oxazole rings is 1. The van der Waals surface area contributed by atoms with Crippen LogP contribution in [0.3, 0.4) is 0 Å². The number of aryl methyl sites for hydroxylation is 1. The molecule has 10 heteroatoms. The van der Waals surface area contributed by atoms with Gasteiger partial charge in [-0.05, 0) is 53.9 Å². The molecule has 1 aromatic heterocycles. The van der Waals surface area contributed by atoms with Crippen LogP contribution in [-0.4, -0.2) is 40.3 Å². The number of primary sulfonamides is 1. The van der Waals surface area contributed by atoms with Crippen LogP contribution in [-0.2, 0) is 42.9 Å². The number of ether oxygens (including phenoxy) is 3. The molecule has 0 spiro atoms. The SMILES string of the molecule is COC1(c2cc(F)cc(COCCCc3nc(-c4ccccc4)c(-c4ccc(S(N)(=O)=O)cc4)o3)c2)CCOCC1. The summed E-state index contributed by atoms with van der Waals surface area (Å²) >= 11 is 0. The van der Waals surface area contributed by atoms with Gasteiger partial charge in [-0.2, -0.15) is 0 Å². The topological polar surface area (TPSA) is 114 Å². The molecule has 0 atom stereocenters. The van der Waals surface area contributed by atoms with Crippen LogP contribution in [0.25, 0.3) is 22.6 Å². The van der Waals surface area contributed by atoms with E-state index >= 15 is 0 Å². The lowest BCUT2D eigenvalue weighted by Crippen LogP contribution is -2.35. The van der Waals surface area contributed by atoms with Crippen molar-refractivity contribution >= 4 is 10.0 Å². The molecule has 0 amide bonds. The second kappa shape index (κ2) is 12.6. The zero-order chi connectivity index (χ0) is 28.9. The first-order valence-corrected chi connectivity index (χ1v) is 15.0. The zero-order valence-corrected chi connectivity index (χ0v) is 23.7. The van der Waals surface area contributed by atoms with E-state index < -0.39 is 15.6 Å². The predicted octanol–water partition coefficient (Wildman–Crippen LogP) is 5.60. The van der Waals surface area contributed by atoms with E-state index in [0.717, 1.165) is 16.7 Å². The van der Waals surface area contributed by atoms with Crippen LogP contribution < -0.4 is 5.14 Å². The summed E-state index contributed by atoms with van der Waals surface area (Å²) in [5.41, 5.74) is 3.23. The maximum Gasteiger partial charge on any atom is 0.238 e. The summed E-state index contributed by atoms with van der Waals surface area (Å²) in [4.78, 5) is 4.76. The number of nitrogens with two attached hydrogens (primary N) is 1. The summed E-state index contributed by atoms with van der Waals surface area (Å²) in [5, 5.41) is 5.24. The number of rotatable bonds is 11. The molecule has 1 aliphatic rings. The fourth-order valence-electron chi connectivity index (χ4n) is 5.08. The summed E-state index contributed by atoms with van der Waals surface area (Å²) in [6, 6.07) is 20.8. The fourth-order valence-corrected chi connectivity index (χ4v) is 5.59. The lowest BCUT2D eigenvalue weighted by atomic mass is 9.85. The van der Waals surface area contributed by atoms with Gasteiger partial charge in [-0.25, -0.2) is 22.9 Å². The maximum atomic E-state index is 14.5. The van der Waals surface area contributed by atoms with Crippen molar-refractivity contribution < 1.29 is 31.4 Å². The average molecular weight is 581 g/mol. The molecule has 1 aliphatic heterocycles.